The van der Waals surface area contributed by atoms with Gasteiger partial charge in [0.2, 0.25) is 0 Å². The maximum atomic E-state index is 10.2. The summed E-state index contributed by atoms with van der Waals surface area (Å²) in [6.07, 6.45) is 3.19. The summed E-state index contributed by atoms with van der Waals surface area (Å²) in [7, 11) is 0. The number of amides is 2. The summed E-state index contributed by atoms with van der Waals surface area (Å²) >= 11 is 0. The Morgan fingerprint density at radius 1 is 1.88 bits per heavy atom. The van der Waals surface area contributed by atoms with Gasteiger partial charge in [0.15, 0.2) is 0 Å². The minimum absolute atomic E-state index is 0.428. The summed E-state index contributed by atoms with van der Waals surface area (Å²) in [5.74, 6) is 0. The minimum atomic E-state index is -0.428. The topological polar surface area (TPSA) is 41.5 Å². The van der Waals surface area contributed by atoms with Crippen molar-refractivity contribution in [1.29, 1.82) is 0 Å². The molecule has 0 fully saturated rings. The van der Waals surface area contributed by atoms with E-state index in [0.29, 0.717) is 0 Å². The molecule has 0 aliphatic rings. The quantitative estimate of drug-likeness (QED) is 0.504. The molecule has 44 valence electrons. The number of urea groups is 1. The molecule has 0 rings (SSSR count). The largest absolute Gasteiger partial charge is 0.344 e. The molecule has 0 atom stereocenters. The fraction of sp³-hybridized carbons (Fsp3) is 0.200. The molecule has 8 heavy (non-hydrogen) atoms. The Labute approximate surface area is 48.1 Å². The van der Waals surface area contributed by atoms with Crippen LogP contribution in [0.3, 0.4) is 0 Å². The lowest BCUT2D eigenvalue weighted by molar-refractivity contribution is 0.252. The molecular weight excluding hydrogens is 104 g/mol. The molecule has 0 saturated carbocycles. The van der Waals surface area contributed by atoms with Crippen LogP contribution in [0, 0.1) is 0 Å². The Kier molecular flexibility index (Phi) is 3.48. The van der Waals surface area contributed by atoms with E-state index in [1.807, 2.05) is 0 Å². The van der Waals surface area contributed by atoms with Crippen molar-refractivity contribution >= 4 is 12.7 Å². The molecule has 3 nitrogen and oxygen atoms in total. The standard InChI is InChI=1S/C5H8N2O/c1-3-4-7-5(8)6-2/h3-4H,2H2,1H3,(H,7,8)/b4-3-. The summed E-state index contributed by atoms with van der Waals surface area (Å²) in [6, 6.07) is -0.428. The molecule has 0 aliphatic carbocycles. The summed E-state index contributed by atoms with van der Waals surface area (Å²) < 4.78 is 0. The van der Waals surface area contributed by atoms with E-state index in [9.17, 15) is 4.79 Å². The number of rotatable bonds is 1. The second kappa shape index (κ2) is 4.05. The van der Waals surface area contributed by atoms with Crippen molar-refractivity contribution in [3.8, 4) is 0 Å². The first kappa shape index (κ1) is 6.88. The van der Waals surface area contributed by atoms with Crippen LogP contribution in [0.2, 0.25) is 0 Å². The lowest BCUT2D eigenvalue weighted by atomic mass is 10.7. The third kappa shape index (κ3) is 3.08. The molecule has 0 aliphatic heterocycles. The van der Waals surface area contributed by atoms with Gasteiger partial charge in [-0.05, 0) is 13.6 Å². The van der Waals surface area contributed by atoms with Gasteiger partial charge in [-0.2, -0.15) is 0 Å². The van der Waals surface area contributed by atoms with Gasteiger partial charge in [0, 0.05) is 6.20 Å². The average Bonchev–Trinajstić information content (AvgIpc) is 1.83. The number of aliphatic imine (C=N–C) groups is 1. The van der Waals surface area contributed by atoms with Crippen LogP contribution in [0.5, 0.6) is 0 Å². The van der Waals surface area contributed by atoms with Crippen molar-refractivity contribution in [2.24, 2.45) is 4.99 Å². The maximum Gasteiger partial charge on any atom is 0.344 e. The SMILES string of the molecule is C=NC(=O)N/C=C\C. The van der Waals surface area contributed by atoms with Crippen LogP contribution in [0.4, 0.5) is 4.79 Å². The van der Waals surface area contributed by atoms with Gasteiger partial charge in [-0.3, -0.25) is 0 Å². The summed E-state index contributed by atoms with van der Waals surface area (Å²) in [5.41, 5.74) is 0. The van der Waals surface area contributed by atoms with Crippen LogP contribution in [0.15, 0.2) is 17.3 Å². The molecular formula is C5H8N2O. The molecule has 0 aromatic heterocycles. The van der Waals surface area contributed by atoms with E-state index in [0.717, 1.165) is 0 Å². The Bertz CT molecular complexity index is 118. The first-order valence-electron chi connectivity index (χ1n) is 2.19. The van der Waals surface area contributed by atoms with Crippen LogP contribution < -0.4 is 5.32 Å². The lowest BCUT2D eigenvalue weighted by Crippen LogP contribution is -2.10. The third-order valence-corrected chi connectivity index (χ3v) is 0.517. The van der Waals surface area contributed by atoms with Gasteiger partial charge in [-0.1, -0.05) is 6.08 Å². The van der Waals surface area contributed by atoms with E-state index in [-0.39, 0.29) is 0 Å². The number of carbonyl (C=O) groups excluding carboxylic acids is 1. The van der Waals surface area contributed by atoms with Gasteiger partial charge in [-0.25, -0.2) is 9.79 Å². The zero-order valence-corrected chi connectivity index (χ0v) is 4.72. The Balaban J connectivity index is 3.39. The van der Waals surface area contributed by atoms with Crippen molar-refractivity contribution < 1.29 is 4.79 Å². The van der Waals surface area contributed by atoms with Gasteiger partial charge in [0.05, 0.1) is 0 Å². The molecule has 0 bridgehead atoms. The van der Waals surface area contributed by atoms with Crippen molar-refractivity contribution in [3.05, 3.63) is 12.3 Å². The zero-order valence-electron chi connectivity index (χ0n) is 4.72. The van der Waals surface area contributed by atoms with Crippen LogP contribution in [-0.2, 0) is 0 Å². The number of hydrogen-bond donors (Lipinski definition) is 1. The van der Waals surface area contributed by atoms with Crippen molar-refractivity contribution in [2.75, 3.05) is 0 Å². The van der Waals surface area contributed by atoms with Gasteiger partial charge in [-0.15, -0.1) is 0 Å². The highest BCUT2D eigenvalue weighted by atomic mass is 16.2. The van der Waals surface area contributed by atoms with Crippen LogP contribution >= 0.6 is 0 Å². The van der Waals surface area contributed by atoms with Gasteiger partial charge in [0.1, 0.15) is 0 Å². The van der Waals surface area contributed by atoms with Crippen molar-refractivity contribution in [1.82, 2.24) is 5.32 Å². The van der Waals surface area contributed by atoms with E-state index in [1.165, 1.54) is 6.20 Å². The molecule has 0 spiro atoms. The second-order valence-corrected chi connectivity index (χ2v) is 1.11. The van der Waals surface area contributed by atoms with E-state index in [4.69, 9.17) is 0 Å². The molecule has 2 amide bonds. The summed E-state index contributed by atoms with van der Waals surface area (Å²) in [5, 5.41) is 2.33. The van der Waals surface area contributed by atoms with E-state index in [1.54, 1.807) is 13.0 Å². The van der Waals surface area contributed by atoms with Crippen LogP contribution in [0.25, 0.3) is 0 Å². The molecule has 0 saturated heterocycles. The van der Waals surface area contributed by atoms with E-state index in [2.05, 4.69) is 17.0 Å². The fourth-order valence-corrected chi connectivity index (χ4v) is 0.200. The maximum absolute atomic E-state index is 10.2. The van der Waals surface area contributed by atoms with E-state index >= 15 is 0 Å². The summed E-state index contributed by atoms with van der Waals surface area (Å²) in [6.45, 7) is 4.81. The number of carbonyl (C=O) groups is 1. The highest BCUT2D eigenvalue weighted by Gasteiger charge is 1.84. The van der Waals surface area contributed by atoms with Gasteiger partial charge in [0.25, 0.3) is 0 Å². The molecule has 3 heteroatoms. The molecule has 0 aromatic rings. The predicted octanol–water partition coefficient (Wildman–Crippen LogP) is 0.930. The monoisotopic (exact) mass is 112 g/mol. The highest BCUT2D eigenvalue weighted by molar-refractivity contribution is 5.79. The summed E-state index contributed by atoms with van der Waals surface area (Å²) in [4.78, 5) is 13.3. The van der Waals surface area contributed by atoms with Gasteiger partial charge >= 0.3 is 6.03 Å². The van der Waals surface area contributed by atoms with E-state index < -0.39 is 6.03 Å². The molecule has 0 aromatic carbocycles. The lowest BCUT2D eigenvalue weighted by Gasteiger charge is -1.86. The molecule has 0 heterocycles. The molecule has 0 radical (unpaired) electrons. The van der Waals surface area contributed by atoms with Crippen LogP contribution in [0.1, 0.15) is 6.92 Å². The number of hydrogen-bond acceptors (Lipinski definition) is 1. The predicted molar refractivity (Wildman–Crippen MR) is 32.9 cm³/mol. The first-order chi connectivity index (χ1) is 3.81. The first-order valence-corrected chi connectivity index (χ1v) is 2.19. The Hall–Kier alpha value is -1.12. The normalized spacial score (nSPS) is 9.12. The zero-order chi connectivity index (χ0) is 6.41. The Morgan fingerprint density at radius 3 is 2.88 bits per heavy atom. The number of nitrogens with one attached hydrogen (secondary N) is 1. The highest BCUT2D eigenvalue weighted by Crippen LogP contribution is 1.69. The average molecular weight is 112 g/mol. The number of nitrogens with zero attached hydrogens (tertiary/aromatic N) is 1. The Morgan fingerprint density at radius 2 is 2.50 bits per heavy atom. The molecule has 1 N–H and O–H groups in total. The van der Waals surface area contributed by atoms with Crippen molar-refractivity contribution in [2.45, 2.75) is 6.92 Å². The smallest absolute Gasteiger partial charge is 0.313 e. The second-order valence-electron chi connectivity index (χ2n) is 1.11. The number of allylic oxidation sites excluding steroid dienone is 1. The van der Waals surface area contributed by atoms with Crippen molar-refractivity contribution in [3.63, 3.8) is 0 Å². The van der Waals surface area contributed by atoms with Gasteiger partial charge < -0.3 is 5.32 Å². The molecule has 0 unspecified atom stereocenters. The third-order valence-electron chi connectivity index (χ3n) is 0.517. The fourth-order valence-electron chi connectivity index (χ4n) is 0.200. The minimum Gasteiger partial charge on any atom is -0.313 e. The van der Waals surface area contributed by atoms with Crippen LogP contribution in [-0.4, -0.2) is 12.7 Å².